The van der Waals surface area contributed by atoms with E-state index in [0.717, 1.165) is 31.5 Å². The van der Waals surface area contributed by atoms with Crippen LogP contribution in [0.4, 0.5) is 9.18 Å². The molecule has 174 valence electrons. The van der Waals surface area contributed by atoms with E-state index in [1.165, 1.54) is 12.1 Å². The van der Waals surface area contributed by atoms with Crippen LogP contribution in [0.1, 0.15) is 66.0 Å². The third-order valence-electron chi connectivity index (χ3n) is 5.42. The van der Waals surface area contributed by atoms with Crippen LogP contribution in [-0.4, -0.2) is 59.6 Å². The molecule has 1 heterocycles. The Hall–Kier alpha value is -2.15. The maximum atomic E-state index is 13.1. The molecule has 1 aliphatic heterocycles. The Morgan fingerprint density at radius 2 is 1.87 bits per heavy atom. The van der Waals surface area contributed by atoms with Crippen molar-refractivity contribution in [2.45, 2.75) is 72.1 Å². The topological polar surface area (TPSA) is 61.9 Å². The van der Waals surface area contributed by atoms with Crippen LogP contribution in [0, 0.1) is 11.7 Å². The number of hydrogen-bond donors (Lipinski definition) is 1. The van der Waals surface area contributed by atoms with Gasteiger partial charge in [-0.3, -0.25) is 9.69 Å². The Bertz CT molecular complexity index is 731. The normalized spacial score (nSPS) is 18.5. The molecule has 1 fully saturated rings. The summed E-state index contributed by atoms with van der Waals surface area (Å²) < 4.78 is 18.7. The van der Waals surface area contributed by atoms with Crippen molar-refractivity contribution in [3.05, 3.63) is 35.6 Å². The number of ether oxygens (including phenoxy) is 1. The molecule has 2 atom stereocenters. The number of halogens is 1. The second-order valence-electron chi connectivity index (χ2n) is 9.81. The maximum absolute atomic E-state index is 13.1. The number of nitrogens with one attached hydrogen (secondary N) is 1. The predicted molar refractivity (Wildman–Crippen MR) is 120 cm³/mol. The van der Waals surface area contributed by atoms with Crippen molar-refractivity contribution in [3.63, 3.8) is 0 Å². The molecule has 7 heteroatoms. The molecule has 1 N–H and O–H groups in total. The molecular formula is C24H38FN3O3. The maximum Gasteiger partial charge on any atom is 0.410 e. The van der Waals surface area contributed by atoms with Crippen LogP contribution in [-0.2, 0) is 9.53 Å². The third-order valence-corrected chi connectivity index (χ3v) is 5.42. The van der Waals surface area contributed by atoms with Gasteiger partial charge in [0.05, 0.1) is 12.6 Å². The SMILES string of the molecule is CC(NC(=O)CN1CCCC(CN(C(=O)OC(C)(C)C)C(C)C)C1)c1ccc(F)cc1. The Balaban J connectivity index is 1.88. The molecular weight excluding hydrogens is 397 g/mol. The van der Waals surface area contributed by atoms with Crippen molar-refractivity contribution in [1.29, 1.82) is 0 Å². The van der Waals surface area contributed by atoms with Crippen molar-refractivity contribution >= 4 is 12.0 Å². The van der Waals surface area contributed by atoms with Crippen molar-refractivity contribution in [2.24, 2.45) is 5.92 Å². The average molecular weight is 436 g/mol. The van der Waals surface area contributed by atoms with E-state index in [2.05, 4.69) is 10.2 Å². The molecule has 31 heavy (non-hydrogen) atoms. The van der Waals surface area contributed by atoms with Gasteiger partial charge in [-0.15, -0.1) is 0 Å². The van der Waals surface area contributed by atoms with Crippen LogP contribution in [0.15, 0.2) is 24.3 Å². The van der Waals surface area contributed by atoms with Crippen molar-refractivity contribution < 1.29 is 18.7 Å². The lowest BCUT2D eigenvalue weighted by Crippen LogP contribution is -2.48. The smallest absolute Gasteiger partial charge is 0.410 e. The summed E-state index contributed by atoms with van der Waals surface area (Å²) in [6.45, 7) is 14.1. The monoisotopic (exact) mass is 435 g/mol. The lowest BCUT2D eigenvalue weighted by Gasteiger charge is -2.37. The highest BCUT2D eigenvalue weighted by molar-refractivity contribution is 5.78. The molecule has 0 aliphatic carbocycles. The summed E-state index contributed by atoms with van der Waals surface area (Å²) in [7, 11) is 0. The summed E-state index contributed by atoms with van der Waals surface area (Å²) in [6, 6.07) is 6.04. The first-order valence-electron chi connectivity index (χ1n) is 11.2. The van der Waals surface area contributed by atoms with Gasteiger partial charge in [0, 0.05) is 19.1 Å². The minimum Gasteiger partial charge on any atom is -0.444 e. The molecule has 2 unspecified atom stereocenters. The highest BCUT2D eigenvalue weighted by Crippen LogP contribution is 2.21. The molecule has 0 spiro atoms. The second-order valence-corrected chi connectivity index (χ2v) is 9.81. The van der Waals surface area contributed by atoms with Crippen LogP contribution >= 0.6 is 0 Å². The van der Waals surface area contributed by atoms with Gasteiger partial charge in [-0.25, -0.2) is 9.18 Å². The average Bonchev–Trinajstić information content (AvgIpc) is 2.65. The van der Waals surface area contributed by atoms with Gasteiger partial charge in [-0.05, 0) is 84.5 Å². The van der Waals surface area contributed by atoms with Crippen LogP contribution in [0.25, 0.3) is 0 Å². The van der Waals surface area contributed by atoms with Gasteiger partial charge in [0.1, 0.15) is 11.4 Å². The van der Waals surface area contributed by atoms with Gasteiger partial charge in [-0.1, -0.05) is 12.1 Å². The number of carbonyl (C=O) groups is 2. The molecule has 6 nitrogen and oxygen atoms in total. The number of nitrogens with zero attached hydrogens (tertiary/aromatic N) is 2. The number of amides is 2. The van der Waals surface area contributed by atoms with E-state index in [0.29, 0.717) is 19.0 Å². The Morgan fingerprint density at radius 1 is 1.23 bits per heavy atom. The summed E-state index contributed by atoms with van der Waals surface area (Å²) in [5, 5.41) is 2.99. The van der Waals surface area contributed by atoms with Gasteiger partial charge in [0.25, 0.3) is 0 Å². The molecule has 1 aliphatic rings. The standard InChI is InChI=1S/C24H38FN3O3/c1-17(2)28(23(30)31-24(4,5)6)15-19-8-7-13-27(14-19)16-22(29)26-18(3)20-9-11-21(25)12-10-20/h9-12,17-19H,7-8,13-16H2,1-6H3,(H,26,29). The van der Waals surface area contributed by atoms with Gasteiger partial charge >= 0.3 is 6.09 Å². The van der Waals surface area contributed by atoms with Crippen molar-refractivity contribution in [3.8, 4) is 0 Å². The third kappa shape index (κ3) is 8.48. The molecule has 0 radical (unpaired) electrons. The first-order chi connectivity index (χ1) is 14.4. The van der Waals surface area contributed by atoms with Crippen LogP contribution in [0.3, 0.4) is 0 Å². The molecule has 1 saturated heterocycles. The molecule has 2 amide bonds. The molecule has 1 aromatic rings. The number of rotatable bonds is 7. The first-order valence-corrected chi connectivity index (χ1v) is 11.2. The Labute approximate surface area is 186 Å². The van der Waals surface area contributed by atoms with Gasteiger partial charge in [0.15, 0.2) is 0 Å². The summed E-state index contributed by atoms with van der Waals surface area (Å²) in [5.74, 6) is -0.0419. The molecule has 2 rings (SSSR count). The number of piperidine rings is 1. The summed E-state index contributed by atoms with van der Waals surface area (Å²) in [6.07, 6.45) is 1.73. The van der Waals surface area contributed by atoms with E-state index in [1.54, 1.807) is 17.0 Å². The van der Waals surface area contributed by atoms with Gasteiger partial charge in [-0.2, -0.15) is 0 Å². The number of hydrogen-bond acceptors (Lipinski definition) is 4. The van der Waals surface area contributed by atoms with E-state index in [9.17, 15) is 14.0 Å². The highest BCUT2D eigenvalue weighted by Gasteiger charge is 2.29. The lowest BCUT2D eigenvalue weighted by atomic mass is 9.97. The fraction of sp³-hybridized carbons (Fsp3) is 0.667. The Morgan fingerprint density at radius 3 is 2.45 bits per heavy atom. The van der Waals surface area contributed by atoms with Crippen molar-refractivity contribution in [1.82, 2.24) is 15.1 Å². The molecule has 0 bridgehead atoms. The lowest BCUT2D eigenvalue weighted by molar-refractivity contribution is -0.123. The number of likely N-dealkylation sites (tertiary alicyclic amines) is 1. The minimum atomic E-state index is -0.526. The first kappa shape index (κ1) is 25.1. The Kier molecular flexibility index (Phi) is 8.86. The van der Waals surface area contributed by atoms with Crippen LogP contribution in [0.2, 0.25) is 0 Å². The van der Waals surface area contributed by atoms with E-state index in [4.69, 9.17) is 4.74 Å². The second kappa shape index (κ2) is 10.9. The predicted octanol–water partition coefficient (Wildman–Crippen LogP) is 4.36. The molecule has 0 saturated carbocycles. The van der Waals surface area contributed by atoms with E-state index < -0.39 is 5.60 Å². The van der Waals surface area contributed by atoms with Gasteiger partial charge in [0.2, 0.25) is 5.91 Å². The van der Waals surface area contributed by atoms with E-state index in [1.807, 2.05) is 41.5 Å². The van der Waals surface area contributed by atoms with Crippen molar-refractivity contribution in [2.75, 3.05) is 26.2 Å². The van der Waals surface area contributed by atoms with Gasteiger partial charge < -0.3 is 15.0 Å². The summed E-state index contributed by atoms with van der Waals surface area (Å²) in [5.41, 5.74) is 0.346. The zero-order valence-corrected chi connectivity index (χ0v) is 19.8. The molecule has 0 aromatic heterocycles. The largest absolute Gasteiger partial charge is 0.444 e. The van der Waals surface area contributed by atoms with E-state index >= 15 is 0 Å². The molecule has 1 aromatic carbocycles. The fourth-order valence-corrected chi connectivity index (χ4v) is 3.86. The zero-order chi connectivity index (χ0) is 23.2. The fourth-order valence-electron chi connectivity index (χ4n) is 3.86. The number of carbonyl (C=O) groups excluding carboxylic acids is 2. The number of benzene rings is 1. The minimum absolute atomic E-state index is 0.0464. The van der Waals surface area contributed by atoms with Crippen LogP contribution < -0.4 is 5.32 Å². The quantitative estimate of drug-likeness (QED) is 0.691. The zero-order valence-electron chi connectivity index (χ0n) is 19.8. The van der Waals surface area contributed by atoms with Crippen LogP contribution in [0.5, 0.6) is 0 Å². The highest BCUT2D eigenvalue weighted by atomic mass is 19.1. The summed E-state index contributed by atoms with van der Waals surface area (Å²) >= 11 is 0. The van der Waals surface area contributed by atoms with E-state index in [-0.39, 0.29) is 29.9 Å². The summed E-state index contributed by atoms with van der Waals surface area (Å²) in [4.78, 5) is 29.1.